The minimum Gasteiger partial charge on any atom is -0.397 e. The minimum atomic E-state index is -3.47. The summed E-state index contributed by atoms with van der Waals surface area (Å²) >= 11 is 0. The molecule has 118 valence electrons. The number of nitrogen functional groups attached to an aromatic ring is 1. The van der Waals surface area contributed by atoms with E-state index in [9.17, 15) is 8.42 Å². The van der Waals surface area contributed by atoms with Gasteiger partial charge in [-0.1, -0.05) is 12.2 Å². The molecule has 0 amide bonds. The molecule has 0 aliphatic rings. The Morgan fingerprint density at radius 3 is 2.67 bits per heavy atom. The third-order valence-electron chi connectivity index (χ3n) is 2.71. The SMILES string of the molecule is C=C(C)COCCNc1cc(S(=O)(=O)N(C)C)ccc1N. The highest BCUT2D eigenvalue weighted by molar-refractivity contribution is 7.89. The molecule has 1 aromatic carbocycles. The van der Waals surface area contributed by atoms with Gasteiger partial charge in [-0.15, -0.1) is 0 Å². The Labute approximate surface area is 126 Å². The molecule has 0 bridgehead atoms. The Hall–Kier alpha value is -1.57. The van der Waals surface area contributed by atoms with Crippen LogP contribution < -0.4 is 11.1 Å². The number of nitrogens with one attached hydrogen (secondary N) is 1. The van der Waals surface area contributed by atoms with Crippen LogP contribution in [0.1, 0.15) is 6.92 Å². The number of hydrogen-bond acceptors (Lipinski definition) is 5. The van der Waals surface area contributed by atoms with Crippen LogP contribution in [-0.2, 0) is 14.8 Å². The van der Waals surface area contributed by atoms with Gasteiger partial charge in [0.25, 0.3) is 0 Å². The first-order valence-electron chi connectivity index (χ1n) is 6.53. The van der Waals surface area contributed by atoms with E-state index in [0.29, 0.717) is 31.1 Å². The van der Waals surface area contributed by atoms with Crippen molar-refractivity contribution in [2.24, 2.45) is 0 Å². The monoisotopic (exact) mass is 313 g/mol. The third-order valence-corrected chi connectivity index (χ3v) is 4.52. The number of nitrogens with two attached hydrogens (primary N) is 1. The Balaban J connectivity index is 2.73. The molecule has 3 N–H and O–H groups in total. The summed E-state index contributed by atoms with van der Waals surface area (Å²) < 4.78 is 30.7. The topological polar surface area (TPSA) is 84.7 Å². The second kappa shape index (κ2) is 7.44. The molecule has 0 spiro atoms. The van der Waals surface area contributed by atoms with Gasteiger partial charge in [0, 0.05) is 20.6 Å². The van der Waals surface area contributed by atoms with Crippen molar-refractivity contribution in [2.75, 3.05) is 44.9 Å². The number of hydrogen-bond donors (Lipinski definition) is 2. The lowest BCUT2D eigenvalue weighted by Crippen LogP contribution is -2.22. The molecule has 6 nitrogen and oxygen atoms in total. The number of sulfonamides is 1. The summed E-state index contributed by atoms with van der Waals surface area (Å²) in [6, 6.07) is 4.60. The molecule has 0 fully saturated rings. The maximum atomic E-state index is 12.1. The minimum absolute atomic E-state index is 0.201. The van der Waals surface area contributed by atoms with Crippen molar-refractivity contribution < 1.29 is 13.2 Å². The number of nitrogens with zero attached hydrogens (tertiary/aromatic N) is 1. The van der Waals surface area contributed by atoms with Crippen LogP contribution in [0.2, 0.25) is 0 Å². The average Bonchev–Trinajstić information content (AvgIpc) is 2.39. The van der Waals surface area contributed by atoms with E-state index in [-0.39, 0.29) is 4.90 Å². The number of ether oxygens (including phenoxy) is 1. The molecular formula is C14H23N3O3S. The molecule has 0 saturated heterocycles. The fourth-order valence-corrected chi connectivity index (χ4v) is 2.49. The molecule has 0 unspecified atom stereocenters. The molecule has 21 heavy (non-hydrogen) atoms. The Kier molecular flexibility index (Phi) is 6.19. The van der Waals surface area contributed by atoms with Crippen molar-refractivity contribution in [3.05, 3.63) is 30.4 Å². The summed E-state index contributed by atoms with van der Waals surface area (Å²) in [7, 11) is -0.487. The van der Waals surface area contributed by atoms with E-state index in [0.717, 1.165) is 9.88 Å². The largest absolute Gasteiger partial charge is 0.397 e. The molecule has 0 aliphatic carbocycles. The van der Waals surface area contributed by atoms with Gasteiger partial charge < -0.3 is 15.8 Å². The number of benzene rings is 1. The summed E-state index contributed by atoms with van der Waals surface area (Å²) in [6.45, 7) is 7.15. The van der Waals surface area contributed by atoms with Crippen molar-refractivity contribution in [1.82, 2.24) is 4.31 Å². The van der Waals surface area contributed by atoms with Crippen LogP contribution in [-0.4, -0.2) is 46.6 Å². The molecule has 0 radical (unpaired) electrons. The van der Waals surface area contributed by atoms with E-state index in [4.69, 9.17) is 10.5 Å². The van der Waals surface area contributed by atoms with Crippen molar-refractivity contribution in [1.29, 1.82) is 0 Å². The van der Waals surface area contributed by atoms with Crippen molar-refractivity contribution >= 4 is 21.4 Å². The predicted molar refractivity (Wildman–Crippen MR) is 85.8 cm³/mol. The van der Waals surface area contributed by atoms with Gasteiger partial charge in [-0.05, 0) is 25.1 Å². The molecule has 1 rings (SSSR count). The fourth-order valence-electron chi connectivity index (χ4n) is 1.56. The van der Waals surface area contributed by atoms with Gasteiger partial charge in [-0.3, -0.25) is 0 Å². The van der Waals surface area contributed by atoms with Gasteiger partial charge in [0.05, 0.1) is 29.5 Å². The van der Waals surface area contributed by atoms with Gasteiger partial charge in [-0.2, -0.15) is 0 Å². The molecule has 0 aromatic heterocycles. The highest BCUT2D eigenvalue weighted by Crippen LogP contribution is 2.24. The second-order valence-electron chi connectivity index (χ2n) is 4.97. The third kappa shape index (κ3) is 5.04. The first-order chi connectivity index (χ1) is 9.75. The van der Waals surface area contributed by atoms with Crippen molar-refractivity contribution in [3.8, 4) is 0 Å². The molecule has 0 aliphatic heterocycles. The van der Waals surface area contributed by atoms with Crippen molar-refractivity contribution in [3.63, 3.8) is 0 Å². The maximum absolute atomic E-state index is 12.1. The normalized spacial score (nSPS) is 11.6. The van der Waals surface area contributed by atoms with Gasteiger partial charge >= 0.3 is 0 Å². The van der Waals surface area contributed by atoms with E-state index in [1.807, 2.05) is 6.92 Å². The first-order valence-corrected chi connectivity index (χ1v) is 7.97. The molecular weight excluding hydrogens is 290 g/mol. The molecule has 0 heterocycles. The standard InChI is InChI=1S/C14H23N3O3S/c1-11(2)10-20-8-7-16-14-9-12(5-6-13(14)15)21(18,19)17(3)4/h5-6,9,16H,1,7-8,10,15H2,2-4H3. The van der Waals surface area contributed by atoms with Crippen LogP contribution >= 0.6 is 0 Å². The highest BCUT2D eigenvalue weighted by atomic mass is 32.2. The smallest absolute Gasteiger partial charge is 0.242 e. The fraction of sp³-hybridized carbons (Fsp3) is 0.429. The van der Waals surface area contributed by atoms with Crippen molar-refractivity contribution in [2.45, 2.75) is 11.8 Å². The summed E-state index contributed by atoms with van der Waals surface area (Å²) in [6.07, 6.45) is 0. The molecule has 7 heteroatoms. The van der Waals surface area contributed by atoms with Crippen LogP contribution in [0.15, 0.2) is 35.2 Å². The van der Waals surface area contributed by atoms with E-state index >= 15 is 0 Å². The van der Waals surface area contributed by atoms with Gasteiger partial charge in [-0.25, -0.2) is 12.7 Å². The zero-order chi connectivity index (χ0) is 16.0. The average molecular weight is 313 g/mol. The highest BCUT2D eigenvalue weighted by Gasteiger charge is 2.18. The zero-order valence-corrected chi connectivity index (χ0v) is 13.5. The van der Waals surface area contributed by atoms with E-state index in [2.05, 4.69) is 11.9 Å². The van der Waals surface area contributed by atoms with E-state index in [1.54, 1.807) is 6.07 Å². The van der Waals surface area contributed by atoms with Gasteiger partial charge in [0.15, 0.2) is 0 Å². The lowest BCUT2D eigenvalue weighted by Gasteiger charge is -2.14. The Bertz CT molecular complexity index is 597. The first kappa shape index (κ1) is 17.5. The van der Waals surface area contributed by atoms with Crippen LogP contribution in [0, 0.1) is 0 Å². The lowest BCUT2D eigenvalue weighted by atomic mass is 10.2. The summed E-state index contributed by atoms with van der Waals surface area (Å²) in [5.41, 5.74) is 7.87. The predicted octanol–water partition coefficient (Wildman–Crippen LogP) is 1.52. The van der Waals surface area contributed by atoms with Crippen LogP contribution in [0.3, 0.4) is 0 Å². The van der Waals surface area contributed by atoms with Gasteiger partial charge in [0.2, 0.25) is 10.0 Å². The lowest BCUT2D eigenvalue weighted by molar-refractivity contribution is 0.167. The van der Waals surface area contributed by atoms with Crippen LogP contribution in [0.5, 0.6) is 0 Å². The van der Waals surface area contributed by atoms with E-state index in [1.165, 1.54) is 26.2 Å². The zero-order valence-electron chi connectivity index (χ0n) is 12.7. The van der Waals surface area contributed by atoms with E-state index < -0.39 is 10.0 Å². The summed E-state index contributed by atoms with van der Waals surface area (Å²) in [4.78, 5) is 0.201. The van der Waals surface area contributed by atoms with Crippen LogP contribution in [0.4, 0.5) is 11.4 Å². The number of rotatable bonds is 8. The summed E-state index contributed by atoms with van der Waals surface area (Å²) in [5, 5.41) is 3.08. The molecule has 1 aromatic rings. The number of anilines is 2. The molecule has 0 atom stereocenters. The molecule has 0 saturated carbocycles. The summed E-state index contributed by atoms with van der Waals surface area (Å²) in [5.74, 6) is 0. The van der Waals surface area contributed by atoms with Crippen LogP contribution in [0.25, 0.3) is 0 Å². The van der Waals surface area contributed by atoms with Gasteiger partial charge in [0.1, 0.15) is 0 Å². The maximum Gasteiger partial charge on any atom is 0.242 e. The Morgan fingerprint density at radius 1 is 1.43 bits per heavy atom. The second-order valence-corrected chi connectivity index (χ2v) is 7.12. The Morgan fingerprint density at radius 2 is 2.10 bits per heavy atom. The quantitative estimate of drug-likeness (QED) is 0.432.